The van der Waals surface area contributed by atoms with Crippen LogP contribution >= 0.6 is 0 Å². The minimum Gasteiger partial charge on any atom is -0.508 e. The van der Waals surface area contributed by atoms with Gasteiger partial charge in [0.1, 0.15) is 5.75 Å². The molecule has 0 aliphatic heterocycles. The molecular formula is C21H16O3. The van der Waals surface area contributed by atoms with E-state index in [2.05, 4.69) is 0 Å². The molecule has 4 aromatic carbocycles. The summed E-state index contributed by atoms with van der Waals surface area (Å²) in [5.41, 5.74) is 0.332. The molecule has 3 heteroatoms. The molecule has 0 saturated carbocycles. The Morgan fingerprint density at radius 2 is 1.12 bits per heavy atom. The first-order valence-corrected chi connectivity index (χ1v) is 7.53. The van der Waals surface area contributed by atoms with Crippen molar-refractivity contribution in [1.29, 1.82) is 0 Å². The molecule has 0 aromatic heterocycles. The molecule has 0 unspecified atom stereocenters. The van der Waals surface area contributed by atoms with Crippen molar-refractivity contribution < 1.29 is 15.0 Å². The number of fused-ring (bicyclic) bond motifs is 2. The van der Waals surface area contributed by atoms with Gasteiger partial charge in [0.2, 0.25) is 0 Å². The van der Waals surface area contributed by atoms with E-state index in [0.717, 1.165) is 21.5 Å². The molecule has 0 aliphatic carbocycles. The predicted molar refractivity (Wildman–Crippen MR) is 96.5 cm³/mol. The van der Waals surface area contributed by atoms with E-state index in [0.29, 0.717) is 11.3 Å². The number of aromatic carboxylic acids is 1. The summed E-state index contributed by atoms with van der Waals surface area (Å²) in [5.74, 6) is -0.561. The third kappa shape index (κ3) is 3.52. The maximum Gasteiger partial charge on any atom is 0.335 e. The highest BCUT2D eigenvalue weighted by Gasteiger charge is 2.01. The molecular weight excluding hydrogens is 300 g/mol. The lowest BCUT2D eigenvalue weighted by Crippen LogP contribution is -1.94. The number of phenolic OH excluding ortho intramolecular Hbond substituents is 1. The maximum atomic E-state index is 10.6. The lowest BCUT2D eigenvalue weighted by atomic mass is 10.1. The average Bonchev–Trinajstić information content (AvgIpc) is 2.61. The van der Waals surface area contributed by atoms with Gasteiger partial charge >= 0.3 is 5.97 Å². The second kappa shape index (κ2) is 6.84. The van der Waals surface area contributed by atoms with Crippen LogP contribution in [0.3, 0.4) is 0 Å². The second-order valence-electron chi connectivity index (χ2n) is 5.40. The summed E-state index contributed by atoms with van der Waals surface area (Å²) in [7, 11) is 0. The summed E-state index contributed by atoms with van der Waals surface area (Å²) in [4.78, 5) is 10.6. The van der Waals surface area contributed by atoms with Crippen molar-refractivity contribution in [1.82, 2.24) is 0 Å². The van der Waals surface area contributed by atoms with Gasteiger partial charge in [-0.1, -0.05) is 60.7 Å². The van der Waals surface area contributed by atoms with Gasteiger partial charge in [0.05, 0.1) is 5.56 Å². The van der Waals surface area contributed by atoms with Crippen molar-refractivity contribution >= 4 is 27.5 Å². The van der Waals surface area contributed by atoms with Gasteiger partial charge in [-0.05, 0) is 45.8 Å². The number of aromatic hydroxyl groups is 1. The molecule has 3 nitrogen and oxygen atoms in total. The Bertz CT molecular complexity index is 1010. The van der Waals surface area contributed by atoms with Crippen LogP contribution in [0.5, 0.6) is 5.75 Å². The highest BCUT2D eigenvalue weighted by molar-refractivity contribution is 5.94. The van der Waals surface area contributed by atoms with Crippen LogP contribution < -0.4 is 0 Å². The zero-order valence-electron chi connectivity index (χ0n) is 12.9. The molecule has 0 saturated heterocycles. The van der Waals surface area contributed by atoms with E-state index < -0.39 is 5.97 Å². The quantitative estimate of drug-likeness (QED) is 0.514. The van der Waals surface area contributed by atoms with Crippen molar-refractivity contribution in [3.8, 4) is 5.75 Å². The fraction of sp³-hybridized carbons (Fsp3) is 0. The number of hydrogen-bond acceptors (Lipinski definition) is 2. The number of benzene rings is 4. The third-order valence-corrected chi connectivity index (χ3v) is 3.73. The first-order chi connectivity index (χ1) is 11.6. The van der Waals surface area contributed by atoms with Gasteiger partial charge in [-0.2, -0.15) is 0 Å². The Morgan fingerprint density at radius 3 is 1.71 bits per heavy atom. The van der Waals surface area contributed by atoms with Crippen LogP contribution in [-0.4, -0.2) is 16.2 Å². The summed E-state index contributed by atoms with van der Waals surface area (Å²) in [5, 5.41) is 22.1. The van der Waals surface area contributed by atoms with Gasteiger partial charge in [0.25, 0.3) is 0 Å². The molecule has 4 rings (SSSR count). The topological polar surface area (TPSA) is 57.5 Å². The second-order valence-corrected chi connectivity index (χ2v) is 5.40. The summed E-state index contributed by atoms with van der Waals surface area (Å²) < 4.78 is 0. The molecule has 2 N–H and O–H groups in total. The standard InChI is InChI=1S/C11H8O2.C10H8O/c12-11(13)10-6-5-8-3-1-2-4-9(8)7-10;11-10-6-5-8-3-1-2-4-9(8)7-10/h1-7H,(H,12,13);1-7,11H. The summed E-state index contributed by atoms with van der Waals surface area (Å²) in [6, 6.07) is 26.1. The highest BCUT2D eigenvalue weighted by Crippen LogP contribution is 2.18. The van der Waals surface area contributed by atoms with E-state index in [4.69, 9.17) is 10.2 Å². The van der Waals surface area contributed by atoms with Crippen molar-refractivity contribution in [2.45, 2.75) is 0 Å². The van der Waals surface area contributed by atoms with Crippen molar-refractivity contribution in [3.63, 3.8) is 0 Å². The third-order valence-electron chi connectivity index (χ3n) is 3.73. The molecule has 0 heterocycles. The Labute approximate surface area is 139 Å². The van der Waals surface area contributed by atoms with E-state index in [1.54, 1.807) is 24.3 Å². The van der Waals surface area contributed by atoms with Crippen LogP contribution in [0.2, 0.25) is 0 Å². The first kappa shape index (κ1) is 15.6. The van der Waals surface area contributed by atoms with Gasteiger partial charge in [0, 0.05) is 0 Å². The number of hydrogen-bond donors (Lipinski definition) is 2. The summed E-state index contributed by atoms with van der Waals surface area (Å²) in [6.07, 6.45) is 0. The molecule has 0 spiro atoms. The Kier molecular flexibility index (Phi) is 4.43. The van der Waals surface area contributed by atoms with E-state index >= 15 is 0 Å². The van der Waals surface area contributed by atoms with Crippen LogP contribution in [-0.2, 0) is 0 Å². The van der Waals surface area contributed by atoms with Gasteiger partial charge < -0.3 is 10.2 Å². The van der Waals surface area contributed by atoms with Gasteiger partial charge in [-0.15, -0.1) is 0 Å². The molecule has 0 amide bonds. The number of phenols is 1. The number of carboxylic acid groups (broad SMARTS) is 1. The van der Waals surface area contributed by atoms with Gasteiger partial charge in [0.15, 0.2) is 0 Å². The van der Waals surface area contributed by atoms with Crippen LogP contribution in [0.1, 0.15) is 10.4 Å². The number of carboxylic acids is 1. The highest BCUT2D eigenvalue weighted by atomic mass is 16.4. The minimum absolute atomic E-state index is 0.323. The zero-order valence-corrected chi connectivity index (χ0v) is 12.9. The Hall–Kier alpha value is -3.33. The normalized spacial score (nSPS) is 10.2. The lowest BCUT2D eigenvalue weighted by molar-refractivity contribution is 0.0697. The Balaban J connectivity index is 0.000000143. The molecule has 0 bridgehead atoms. The fourth-order valence-corrected chi connectivity index (χ4v) is 2.50. The summed E-state index contributed by atoms with van der Waals surface area (Å²) >= 11 is 0. The largest absolute Gasteiger partial charge is 0.508 e. The zero-order chi connectivity index (χ0) is 16.9. The van der Waals surface area contributed by atoms with E-state index in [-0.39, 0.29) is 0 Å². The molecule has 0 radical (unpaired) electrons. The van der Waals surface area contributed by atoms with Crippen LogP contribution in [0.15, 0.2) is 84.9 Å². The number of carbonyl (C=O) groups is 1. The average molecular weight is 316 g/mol. The van der Waals surface area contributed by atoms with Crippen LogP contribution in [0.4, 0.5) is 0 Å². The van der Waals surface area contributed by atoms with E-state index in [9.17, 15) is 4.79 Å². The maximum absolute atomic E-state index is 10.6. The predicted octanol–water partition coefficient (Wildman–Crippen LogP) is 5.08. The van der Waals surface area contributed by atoms with Crippen molar-refractivity contribution in [2.75, 3.05) is 0 Å². The van der Waals surface area contributed by atoms with Gasteiger partial charge in [-0.3, -0.25) is 0 Å². The smallest absolute Gasteiger partial charge is 0.335 e. The first-order valence-electron chi connectivity index (χ1n) is 7.53. The van der Waals surface area contributed by atoms with E-state index in [1.165, 1.54) is 0 Å². The van der Waals surface area contributed by atoms with Crippen LogP contribution in [0.25, 0.3) is 21.5 Å². The molecule has 0 aliphatic rings. The summed E-state index contributed by atoms with van der Waals surface area (Å²) in [6.45, 7) is 0. The monoisotopic (exact) mass is 316 g/mol. The van der Waals surface area contributed by atoms with E-state index in [1.807, 2.05) is 60.7 Å². The van der Waals surface area contributed by atoms with Crippen LogP contribution in [0, 0.1) is 0 Å². The Morgan fingerprint density at radius 1 is 0.625 bits per heavy atom. The SMILES string of the molecule is O=C(O)c1ccc2ccccc2c1.Oc1ccc2ccccc2c1. The van der Waals surface area contributed by atoms with Crippen molar-refractivity contribution in [2.24, 2.45) is 0 Å². The fourth-order valence-electron chi connectivity index (χ4n) is 2.50. The lowest BCUT2D eigenvalue weighted by Gasteiger charge is -1.98. The molecule has 0 fully saturated rings. The molecule has 24 heavy (non-hydrogen) atoms. The van der Waals surface area contributed by atoms with Crippen molar-refractivity contribution in [3.05, 3.63) is 90.5 Å². The molecule has 0 atom stereocenters. The molecule has 118 valence electrons. The molecule has 4 aromatic rings. The number of rotatable bonds is 1. The van der Waals surface area contributed by atoms with Gasteiger partial charge in [-0.25, -0.2) is 4.79 Å². The minimum atomic E-state index is -0.884.